The number of nitriles is 1. The van der Waals surface area contributed by atoms with Gasteiger partial charge < -0.3 is 9.84 Å². The van der Waals surface area contributed by atoms with Gasteiger partial charge in [-0.2, -0.15) is 5.26 Å². The van der Waals surface area contributed by atoms with Crippen LogP contribution in [0.25, 0.3) is 0 Å². The Balaban J connectivity index is 2.10. The van der Waals surface area contributed by atoms with Crippen molar-refractivity contribution in [2.45, 2.75) is 31.8 Å². The van der Waals surface area contributed by atoms with Gasteiger partial charge in [0.05, 0.1) is 19.3 Å². The number of benzene rings is 1. The average molecular weight is 260 g/mol. The van der Waals surface area contributed by atoms with Crippen LogP contribution in [0.2, 0.25) is 0 Å². The van der Waals surface area contributed by atoms with E-state index in [0.717, 1.165) is 12.1 Å². The summed E-state index contributed by atoms with van der Waals surface area (Å²) in [6.45, 7) is 1.68. The highest BCUT2D eigenvalue weighted by atomic mass is 16.5. The summed E-state index contributed by atoms with van der Waals surface area (Å²) in [5.74, 6) is 0.623. The van der Waals surface area contributed by atoms with Crippen molar-refractivity contribution in [1.82, 2.24) is 4.90 Å². The average Bonchev–Trinajstić information content (AvgIpc) is 2.37. The van der Waals surface area contributed by atoms with Crippen molar-refractivity contribution in [1.29, 1.82) is 5.26 Å². The first-order valence-corrected chi connectivity index (χ1v) is 6.70. The van der Waals surface area contributed by atoms with Gasteiger partial charge in [0.25, 0.3) is 0 Å². The molecule has 1 aromatic carbocycles. The molecule has 0 atom stereocenters. The van der Waals surface area contributed by atoms with Crippen LogP contribution in [0.4, 0.5) is 0 Å². The first-order valence-electron chi connectivity index (χ1n) is 6.70. The monoisotopic (exact) mass is 260 g/mol. The summed E-state index contributed by atoms with van der Waals surface area (Å²) in [5.41, 5.74) is 1.68. The maximum absolute atomic E-state index is 9.16. The van der Waals surface area contributed by atoms with Gasteiger partial charge in [-0.25, -0.2) is 0 Å². The molecule has 0 unspecified atom stereocenters. The second kappa shape index (κ2) is 6.55. The van der Waals surface area contributed by atoms with Crippen molar-refractivity contribution in [3.63, 3.8) is 0 Å². The molecule has 102 valence electrons. The van der Waals surface area contributed by atoms with Crippen LogP contribution in [0, 0.1) is 11.3 Å². The summed E-state index contributed by atoms with van der Waals surface area (Å²) in [5, 5.41) is 18.1. The zero-order valence-corrected chi connectivity index (χ0v) is 11.3. The molecule has 1 saturated carbocycles. The van der Waals surface area contributed by atoms with E-state index >= 15 is 0 Å². The maximum Gasteiger partial charge on any atom is 0.136 e. The summed E-state index contributed by atoms with van der Waals surface area (Å²) in [6.07, 6.45) is 3.71. The number of nitrogens with zero attached hydrogens (tertiary/aromatic N) is 2. The van der Waals surface area contributed by atoms with Crippen molar-refractivity contribution in [2.24, 2.45) is 0 Å². The predicted molar refractivity (Wildman–Crippen MR) is 72.8 cm³/mol. The Bertz CT molecular complexity index is 464. The second-order valence-corrected chi connectivity index (χ2v) is 4.93. The van der Waals surface area contributed by atoms with Crippen LogP contribution < -0.4 is 4.74 Å². The maximum atomic E-state index is 9.16. The number of ether oxygens (including phenoxy) is 1. The Labute approximate surface area is 114 Å². The van der Waals surface area contributed by atoms with E-state index in [4.69, 9.17) is 15.1 Å². The van der Waals surface area contributed by atoms with Gasteiger partial charge in [0.1, 0.15) is 11.8 Å². The molecule has 0 bridgehead atoms. The smallest absolute Gasteiger partial charge is 0.136 e. The lowest BCUT2D eigenvalue weighted by molar-refractivity contribution is 0.0945. The van der Waals surface area contributed by atoms with Gasteiger partial charge in [0, 0.05) is 19.1 Å². The van der Waals surface area contributed by atoms with Crippen LogP contribution in [-0.2, 0) is 6.54 Å². The normalized spacial score (nSPS) is 15.1. The molecule has 1 aromatic rings. The molecule has 19 heavy (non-hydrogen) atoms. The van der Waals surface area contributed by atoms with Gasteiger partial charge in [-0.05, 0) is 30.5 Å². The summed E-state index contributed by atoms with van der Waals surface area (Å²) < 4.78 is 5.23. The van der Waals surface area contributed by atoms with Crippen molar-refractivity contribution < 1.29 is 9.84 Å². The molecule has 0 heterocycles. The van der Waals surface area contributed by atoms with Crippen molar-refractivity contribution >= 4 is 0 Å². The number of methoxy groups -OCH3 is 1. The lowest BCUT2D eigenvalue weighted by atomic mass is 9.91. The van der Waals surface area contributed by atoms with Crippen molar-refractivity contribution in [3.05, 3.63) is 29.3 Å². The number of hydrogen-bond donors (Lipinski definition) is 1. The zero-order chi connectivity index (χ0) is 13.7. The van der Waals surface area contributed by atoms with E-state index in [1.54, 1.807) is 13.2 Å². The van der Waals surface area contributed by atoms with Gasteiger partial charge in [0.15, 0.2) is 0 Å². The highest BCUT2D eigenvalue weighted by molar-refractivity contribution is 5.45. The third kappa shape index (κ3) is 3.25. The fourth-order valence-corrected chi connectivity index (χ4v) is 2.43. The van der Waals surface area contributed by atoms with Crippen LogP contribution in [-0.4, -0.2) is 36.3 Å². The Kier molecular flexibility index (Phi) is 4.78. The van der Waals surface area contributed by atoms with Crippen molar-refractivity contribution in [3.8, 4) is 11.8 Å². The molecule has 0 radical (unpaired) electrons. The van der Waals surface area contributed by atoms with E-state index < -0.39 is 0 Å². The summed E-state index contributed by atoms with van der Waals surface area (Å²) >= 11 is 0. The molecule has 0 aliphatic heterocycles. The minimum atomic E-state index is 0.184. The lowest BCUT2D eigenvalue weighted by Crippen LogP contribution is -2.41. The Hall–Kier alpha value is -1.57. The molecule has 1 aliphatic carbocycles. The fraction of sp³-hybridized carbons (Fsp3) is 0.533. The first kappa shape index (κ1) is 13.9. The predicted octanol–water partition coefficient (Wildman–Crippen LogP) is 1.91. The zero-order valence-electron chi connectivity index (χ0n) is 11.3. The minimum Gasteiger partial charge on any atom is -0.495 e. The second-order valence-electron chi connectivity index (χ2n) is 4.93. The van der Waals surface area contributed by atoms with E-state index in [2.05, 4.69) is 11.0 Å². The van der Waals surface area contributed by atoms with Gasteiger partial charge in [-0.3, -0.25) is 4.90 Å². The van der Waals surface area contributed by atoms with Crippen molar-refractivity contribution in [2.75, 3.05) is 20.3 Å². The van der Waals surface area contributed by atoms with Gasteiger partial charge >= 0.3 is 0 Å². The van der Waals surface area contributed by atoms with Gasteiger partial charge in [0.2, 0.25) is 0 Å². The first-order chi connectivity index (χ1) is 9.28. The largest absolute Gasteiger partial charge is 0.495 e. The molecule has 0 saturated heterocycles. The van der Waals surface area contributed by atoms with E-state index in [1.165, 1.54) is 19.3 Å². The molecule has 0 amide bonds. The summed E-state index contributed by atoms with van der Waals surface area (Å²) in [7, 11) is 1.58. The quantitative estimate of drug-likeness (QED) is 0.849. The van der Waals surface area contributed by atoms with Crippen LogP contribution in [0.5, 0.6) is 5.75 Å². The third-order valence-corrected chi connectivity index (χ3v) is 3.75. The molecule has 1 N–H and O–H groups in total. The Morgan fingerprint density at radius 3 is 2.79 bits per heavy atom. The SMILES string of the molecule is COc1cc(CN(CCO)C2CCC2)ccc1C#N. The van der Waals surface area contributed by atoms with Crippen LogP contribution in [0.15, 0.2) is 18.2 Å². The molecule has 0 aromatic heterocycles. The van der Waals surface area contributed by atoms with Gasteiger partial charge in [-0.1, -0.05) is 12.5 Å². The molecular formula is C15H20N2O2. The lowest BCUT2D eigenvalue weighted by Gasteiger charge is -2.37. The van der Waals surface area contributed by atoms with E-state index in [1.807, 2.05) is 12.1 Å². The molecule has 1 fully saturated rings. The highest BCUT2D eigenvalue weighted by Gasteiger charge is 2.24. The van der Waals surface area contributed by atoms with Crippen LogP contribution in [0.3, 0.4) is 0 Å². The molecule has 4 nitrogen and oxygen atoms in total. The van der Waals surface area contributed by atoms with E-state index in [-0.39, 0.29) is 6.61 Å². The van der Waals surface area contributed by atoms with Crippen LogP contribution in [0.1, 0.15) is 30.4 Å². The number of aliphatic hydroxyl groups excluding tert-OH is 1. The van der Waals surface area contributed by atoms with E-state index in [0.29, 0.717) is 23.9 Å². The van der Waals surface area contributed by atoms with E-state index in [9.17, 15) is 0 Å². The van der Waals surface area contributed by atoms with Gasteiger partial charge in [-0.15, -0.1) is 0 Å². The Morgan fingerprint density at radius 1 is 1.47 bits per heavy atom. The summed E-state index contributed by atoms with van der Waals surface area (Å²) in [4.78, 5) is 2.31. The standard InChI is InChI=1S/C15H20N2O2/c1-19-15-9-12(5-6-13(15)10-16)11-17(7-8-18)14-3-2-4-14/h5-6,9,14,18H,2-4,7-8,11H2,1H3. The number of hydrogen-bond acceptors (Lipinski definition) is 4. The van der Waals surface area contributed by atoms with Crippen LogP contribution >= 0.6 is 0 Å². The number of aliphatic hydroxyl groups is 1. The molecule has 2 rings (SSSR count). The minimum absolute atomic E-state index is 0.184. The highest BCUT2D eigenvalue weighted by Crippen LogP contribution is 2.27. The Morgan fingerprint density at radius 2 is 2.26 bits per heavy atom. The molecule has 4 heteroatoms. The molecular weight excluding hydrogens is 240 g/mol. The number of rotatable bonds is 6. The molecule has 0 spiro atoms. The fourth-order valence-electron chi connectivity index (χ4n) is 2.43. The topological polar surface area (TPSA) is 56.5 Å². The summed E-state index contributed by atoms with van der Waals surface area (Å²) in [6, 6.07) is 8.39. The molecule has 1 aliphatic rings. The third-order valence-electron chi connectivity index (χ3n) is 3.75.